The number of nitriles is 2. The molecule has 0 saturated heterocycles. The first kappa shape index (κ1) is 26.6. The third kappa shape index (κ3) is 4.23. The van der Waals surface area contributed by atoms with E-state index in [1.807, 2.05) is 36.4 Å². The lowest BCUT2D eigenvalue weighted by molar-refractivity contribution is 0.663. The highest BCUT2D eigenvalue weighted by Gasteiger charge is 2.17. The van der Waals surface area contributed by atoms with E-state index in [-0.39, 0.29) is 11.5 Å². The molecule has 216 valence electrons. The fraction of sp³-hybridized carbons (Fsp3) is 0. The minimum atomic E-state index is -0.0580. The van der Waals surface area contributed by atoms with Gasteiger partial charge in [0.15, 0.2) is 11.3 Å². The van der Waals surface area contributed by atoms with Gasteiger partial charge in [-0.05, 0) is 96.0 Å². The number of hydrogen-bond donors (Lipinski definition) is 0. The Bertz CT molecular complexity index is 2800. The molecule has 5 heteroatoms. The molecule has 9 rings (SSSR count). The summed E-state index contributed by atoms with van der Waals surface area (Å²) in [6.07, 6.45) is 0. The topological polar surface area (TPSA) is 86.5 Å². The van der Waals surface area contributed by atoms with Crippen molar-refractivity contribution < 1.29 is 4.42 Å². The van der Waals surface area contributed by atoms with Crippen molar-refractivity contribution >= 4 is 54.4 Å². The number of rotatable bonds is 3. The van der Waals surface area contributed by atoms with Gasteiger partial charge >= 0.3 is 0 Å². The molecule has 47 heavy (non-hydrogen) atoms. The molecule has 0 saturated carbocycles. The first-order chi connectivity index (χ1) is 23.2. The summed E-state index contributed by atoms with van der Waals surface area (Å²) < 4.78 is 5.94. The maximum absolute atomic E-state index is 9.57. The minimum Gasteiger partial charge on any atom is -0.451 e. The van der Waals surface area contributed by atoms with E-state index in [1.54, 1.807) is 0 Å². The molecule has 0 atom stereocenters. The molecular weight excluding hydrogens is 576 g/mol. The Labute approximate surface area is 269 Å². The monoisotopic (exact) mass is 598 g/mol. The van der Waals surface area contributed by atoms with Crippen LogP contribution in [0.25, 0.3) is 87.8 Å². The van der Waals surface area contributed by atoms with Crippen LogP contribution in [0.2, 0.25) is 0 Å². The van der Waals surface area contributed by atoms with E-state index >= 15 is 0 Å². The van der Waals surface area contributed by atoms with Crippen LogP contribution in [0.15, 0.2) is 138 Å². The van der Waals surface area contributed by atoms with E-state index in [9.17, 15) is 10.5 Å². The van der Waals surface area contributed by atoms with Crippen LogP contribution in [0, 0.1) is 22.7 Å². The molecule has 0 fully saturated rings. The van der Waals surface area contributed by atoms with Crippen LogP contribution in [0.5, 0.6) is 0 Å². The fourth-order valence-electron chi connectivity index (χ4n) is 6.77. The third-order valence-corrected chi connectivity index (χ3v) is 8.99. The van der Waals surface area contributed by atoms with Gasteiger partial charge in [-0.1, -0.05) is 103 Å². The Morgan fingerprint density at radius 1 is 0.426 bits per heavy atom. The number of furan rings is 1. The molecule has 0 unspecified atom stereocenters. The van der Waals surface area contributed by atoms with Crippen molar-refractivity contribution in [2.75, 3.05) is 0 Å². The average Bonchev–Trinajstić information content (AvgIpc) is 3.52. The van der Waals surface area contributed by atoms with E-state index in [2.05, 4.69) is 119 Å². The van der Waals surface area contributed by atoms with Gasteiger partial charge in [-0.3, -0.25) is 0 Å². The van der Waals surface area contributed by atoms with E-state index in [0.29, 0.717) is 16.7 Å². The summed E-state index contributed by atoms with van der Waals surface area (Å²) in [5.41, 5.74) is 8.06. The van der Waals surface area contributed by atoms with Gasteiger partial charge < -0.3 is 4.42 Å². The highest BCUT2D eigenvalue weighted by molar-refractivity contribution is 6.26. The van der Waals surface area contributed by atoms with Gasteiger partial charge in [-0.25, -0.2) is 9.97 Å². The number of fused-ring (bicyclic) bond motifs is 9. The van der Waals surface area contributed by atoms with Gasteiger partial charge in [-0.15, -0.1) is 0 Å². The molecule has 0 aliphatic rings. The Kier molecular flexibility index (Phi) is 5.87. The first-order valence-corrected chi connectivity index (χ1v) is 15.3. The summed E-state index contributed by atoms with van der Waals surface area (Å²) in [6, 6.07) is 51.1. The van der Waals surface area contributed by atoms with Crippen molar-refractivity contribution in [2.24, 2.45) is 0 Å². The zero-order valence-corrected chi connectivity index (χ0v) is 24.9. The SMILES string of the molecule is N#Cc1nc(C#N)c2oc3ccc(-c4cccc(-c5ccc6c7ccc(-c8ccccc8)cc7c7ccccc7c6c5)c4)cc3c2n1. The Morgan fingerprint density at radius 2 is 0.957 bits per heavy atom. The normalized spacial score (nSPS) is 11.4. The second-order valence-electron chi connectivity index (χ2n) is 11.6. The molecular formula is C42H22N4O. The van der Waals surface area contributed by atoms with E-state index in [4.69, 9.17) is 4.42 Å². The van der Waals surface area contributed by atoms with Crippen molar-refractivity contribution in [2.45, 2.75) is 0 Å². The summed E-state index contributed by atoms with van der Waals surface area (Å²) in [6.45, 7) is 0. The lowest BCUT2D eigenvalue weighted by Crippen LogP contribution is -1.93. The molecule has 2 heterocycles. The Morgan fingerprint density at radius 3 is 1.60 bits per heavy atom. The summed E-state index contributed by atoms with van der Waals surface area (Å²) in [5, 5.41) is 27.1. The van der Waals surface area contributed by atoms with Crippen LogP contribution in [0.1, 0.15) is 11.5 Å². The second kappa shape index (κ2) is 10.4. The predicted molar refractivity (Wildman–Crippen MR) is 188 cm³/mol. The summed E-state index contributed by atoms with van der Waals surface area (Å²) in [5.74, 6) is -0.0580. The summed E-state index contributed by atoms with van der Waals surface area (Å²) >= 11 is 0. The standard InChI is InChI=1S/C42H22N4O/c43-23-38-42-41(46-40(24-44)45-38)37-22-30(15-18-39(37)47-42)27-10-6-9-26(19-27)29-14-17-34-33-16-13-28(25-7-2-1-3-8-25)20-35(33)31-11-4-5-12-32(31)36(34)21-29/h1-22H. The van der Waals surface area contributed by atoms with Crippen LogP contribution < -0.4 is 0 Å². The van der Waals surface area contributed by atoms with Gasteiger partial charge in [0.1, 0.15) is 23.2 Å². The van der Waals surface area contributed by atoms with Crippen molar-refractivity contribution in [1.82, 2.24) is 9.97 Å². The predicted octanol–water partition coefficient (Wildman–Crippen LogP) is 10.6. The minimum absolute atomic E-state index is 0.0551. The summed E-state index contributed by atoms with van der Waals surface area (Å²) in [7, 11) is 0. The smallest absolute Gasteiger partial charge is 0.234 e. The van der Waals surface area contributed by atoms with Gasteiger partial charge in [0.05, 0.1) is 0 Å². The molecule has 0 bridgehead atoms. The number of aromatic nitrogens is 2. The zero-order chi connectivity index (χ0) is 31.5. The van der Waals surface area contributed by atoms with Gasteiger partial charge in [-0.2, -0.15) is 10.5 Å². The van der Waals surface area contributed by atoms with Crippen LogP contribution in [-0.2, 0) is 0 Å². The van der Waals surface area contributed by atoms with Crippen molar-refractivity contribution in [1.29, 1.82) is 10.5 Å². The quantitative estimate of drug-likeness (QED) is 0.189. The van der Waals surface area contributed by atoms with E-state index in [0.717, 1.165) is 27.6 Å². The molecule has 5 nitrogen and oxygen atoms in total. The Balaban J connectivity index is 1.18. The Hall–Kier alpha value is -6.82. The summed E-state index contributed by atoms with van der Waals surface area (Å²) in [4.78, 5) is 8.37. The molecule has 0 spiro atoms. The first-order valence-electron chi connectivity index (χ1n) is 15.3. The van der Waals surface area contributed by atoms with E-state index in [1.165, 1.54) is 43.4 Å². The molecule has 0 radical (unpaired) electrons. The van der Waals surface area contributed by atoms with Gasteiger partial charge in [0, 0.05) is 5.39 Å². The number of hydrogen-bond acceptors (Lipinski definition) is 5. The van der Waals surface area contributed by atoms with Crippen molar-refractivity contribution in [3.05, 3.63) is 145 Å². The molecule has 2 aromatic heterocycles. The van der Waals surface area contributed by atoms with Crippen LogP contribution in [0.3, 0.4) is 0 Å². The van der Waals surface area contributed by atoms with Crippen molar-refractivity contribution in [3.63, 3.8) is 0 Å². The average molecular weight is 599 g/mol. The highest BCUT2D eigenvalue weighted by Crippen LogP contribution is 2.40. The fourth-order valence-corrected chi connectivity index (χ4v) is 6.77. The van der Waals surface area contributed by atoms with Crippen LogP contribution in [-0.4, -0.2) is 9.97 Å². The highest BCUT2D eigenvalue weighted by atomic mass is 16.3. The van der Waals surface area contributed by atoms with Gasteiger partial charge in [0.25, 0.3) is 0 Å². The molecule has 0 aliphatic carbocycles. The molecule has 9 aromatic rings. The van der Waals surface area contributed by atoms with Crippen molar-refractivity contribution in [3.8, 4) is 45.5 Å². The van der Waals surface area contributed by atoms with Crippen LogP contribution >= 0.6 is 0 Å². The van der Waals surface area contributed by atoms with Gasteiger partial charge in [0.2, 0.25) is 5.82 Å². The molecule has 0 amide bonds. The molecule has 0 aliphatic heterocycles. The maximum atomic E-state index is 9.57. The number of nitrogens with zero attached hydrogens (tertiary/aromatic N) is 4. The number of benzene rings is 7. The third-order valence-electron chi connectivity index (χ3n) is 8.99. The molecule has 0 N–H and O–H groups in total. The van der Waals surface area contributed by atoms with Crippen LogP contribution in [0.4, 0.5) is 0 Å². The maximum Gasteiger partial charge on any atom is 0.234 e. The van der Waals surface area contributed by atoms with E-state index < -0.39 is 0 Å². The largest absolute Gasteiger partial charge is 0.451 e. The lowest BCUT2D eigenvalue weighted by atomic mass is 9.90. The molecule has 7 aromatic carbocycles. The lowest BCUT2D eigenvalue weighted by Gasteiger charge is -2.14. The second-order valence-corrected chi connectivity index (χ2v) is 11.6. The zero-order valence-electron chi connectivity index (χ0n) is 24.9.